The molecule has 1 amide bonds. The monoisotopic (exact) mass is 291 g/mol. The molecule has 1 aliphatic heterocycles. The molecule has 1 aromatic rings. The molecule has 106 valence electrons. The number of hydrogen-bond donors (Lipinski definition) is 1. The van der Waals surface area contributed by atoms with E-state index in [2.05, 4.69) is 11.0 Å². The third-order valence-electron chi connectivity index (χ3n) is 3.74. The number of piperidine rings is 1. The summed E-state index contributed by atoms with van der Waals surface area (Å²) in [6.07, 6.45) is 3.43. The Labute approximate surface area is 124 Å². The summed E-state index contributed by atoms with van der Waals surface area (Å²) in [5, 5.41) is 9.80. The number of carbonyl (C=O) groups is 1. The van der Waals surface area contributed by atoms with Crippen molar-refractivity contribution in [1.29, 1.82) is 5.26 Å². The van der Waals surface area contributed by atoms with Crippen molar-refractivity contribution in [2.75, 3.05) is 18.0 Å². The number of hydrogen-bond acceptors (Lipinski definition) is 3. The standard InChI is InChI=1S/C15H18ClN3O/c16-13-4-5-14(12(8-13)9-17)19-7-1-2-11(10-19)3-6-15(18)20/h4-5,8,11H,1-3,6-7,10H2,(H2,18,20). The zero-order chi connectivity index (χ0) is 14.5. The summed E-state index contributed by atoms with van der Waals surface area (Å²) >= 11 is 5.93. The lowest BCUT2D eigenvalue weighted by Crippen LogP contribution is -2.36. The summed E-state index contributed by atoms with van der Waals surface area (Å²) < 4.78 is 0. The first kappa shape index (κ1) is 14.7. The Morgan fingerprint density at radius 1 is 1.55 bits per heavy atom. The van der Waals surface area contributed by atoms with E-state index in [0.29, 0.717) is 22.9 Å². The molecular weight excluding hydrogens is 274 g/mol. The van der Waals surface area contributed by atoms with E-state index in [1.54, 1.807) is 6.07 Å². The number of rotatable bonds is 4. The van der Waals surface area contributed by atoms with Gasteiger partial charge in [-0.2, -0.15) is 5.26 Å². The van der Waals surface area contributed by atoms with Crippen molar-refractivity contribution in [3.8, 4) is 6.07 Å². The molecule has 0 aliphatic carbocycles. The van der Waals surface area contributed by atoms with Crippen LogP contribution in [0.2, 0.25) is 5.02 Å². The number of amides is 1. The van der Waals surface area contributed by atoms with Gasteiger partial charge in [-0.15, -0.1) is 0 Å². The van der Waals surface area contributed by atoms with E-state index >= 15 is 0 Å². The van der Waals surface area contributed by atoms with E-state index in [1.165, 1.54) is 0 Å². The molecule has 1 unspecified atom stereocenters. The maximum Gasteiger partial charge on any atom is 0.217 e. The fourth-order valence-corrected chi connectivity index (χ4v) is 2.91. The predicted octanol–water partition coefficient (Wildman–Crippen LogP) is 2.69. The minimum absolute atomic E-state index is 0.244. The van der Waals surface area contributed by atoms with E-state index in [0.717, 1.165) is 38.0 Å². The van der Waals surface area contributed by atoms with Crippen molar-refractivity contribution < 1.29 is 4.79 Å². The third kappa shape index (κ3) is 3.64. The van der Waals surface area contributed by atoms with Crippen LogP contribution in [-0.2, 0) is 4.79 Å². The number of nitrogens with two attached hydrogens (primary N) is 1. The minimum Gasteiger partial charge on any atom is -0.370 e. The highest BCUT2D eigenvalue weighted by Gasteiger charge is 2.22. The summed E-state index contributed by atoms with van der Waals surface area (Å²) in [5.41, 5.74) is 6.74. The van der Waals surface area contributed by atoms with Crippen LogP contribution in [0, 0.1) is 17.2 Å². The van der Waals surface area contributed by atoms with Crippen LogP contribution >= 0.6 is 11.6 Å². The lowest BCUT2D eigenvalue weighted by Gasteiger charge is -2.34. The molecule has 20 heavy (non-hydrogen) atoms. The van der Waals surface area contributed by atoms with Crippen LogP contribution in [0.1, 0.15) is 31.2 Å². The third-order valence-corrected chi connectivity index (χ3v) is 3.97. The zero-order valence-corrected chi connectivity index (χ0v) is 12.1. The van der Waals surface area contributed by atoms with Crippen LogP contribution in [0.15, 0.2) is 18.2 Å². The fraction of sp³-hybridized carbons (Fsp3) is 0.467. The Morgan fingerprint density at radius 3 is 3.05 bits per heavy atom. The van der Waals surface area contributed by atoms with Crippen LogP contribution in [0.25, 0.3) is 0 Å². The van der Waals surface area contributed by atoms with Gasteiger partial charge >= 0.3 is 0 Å². The molecule has 0 saturated carbocycles. The van der Waals surface area contributed by atoms with E-state index in [4.69, 9.17) is 17.3 Å². The molecule has 1 heterocycles. The number of carbonyl (C=O) groups excluding carboxylic acids is 1. The Balaban J connectivity index is 2.09. The van der Waals surface area contributed by atoms with Crippen molar-refractivity contribution in [3.05, 3.63) is 28.8 Å². The molecule has 2 rings (SSSR count). The maximum atomic E-state index is 10.9. The Kier molecular flexibility index (Phi) is 4.86. The Bertz CT molecular complexity index is 538. The van der Waals surface area contributed by atoms with Gasteiger partial charge in [0, 0.05) is 24.5 Å². The zero-order valence-electron chi connectivity index (χ0n) is 11.3. The number of nitriles is 1. The number of nitrogens with zero attached hydrogens (tertiary/aromatic N) is 2. The van der Waals surface area contributed by atoms with E-state index in [9.17, 15) is 10.1 Å². The predicted molar refractivity (Wildman–Crippen MR) is 79.5 cm³/mol. The number of anilines is 1. The van der Waals surface area contributed by atoms with Crippen molar-refractivity contribution in [2.24, 2.45) is 11.7 Å². The second-order valence-electron chi connectivity index (χ2n) is 5.23. The van der Waals surface area contributed by atoms with Crippen molar-refractivity contribution in [3.63, 3.8) is 0 Å². The molecule has 1 atom stereocenters. The topological polar surface area (TPSA) is 70.1 Å². The van der Waals surface area contributed by atoms with E-state index < -0.39 is 0 Å². The van der Waals surface area contributed by atoms with E-state index in [-0.39, 0.29) is 5.91 Å². The largest absolute Gasteiger partial charge is 0.370 e. The van der Waals surface area contributed by atoms with Gasteiger partial charge in [-0.25, -0.2) is 0 Å². The Morgan fingerprint density at radius 2 is 2.35 bits per heavy atom. The second kappa shape index (κ2) is 6.62. The first-order valence-electron chi connectivity index (χ1n) is 6.83. The maximum absolute atomic E-state index is 10.9. The van der Waals surface area contributed by atoms with E-state index in [1.807, 2.05) is 12.1 Å². The molecule has 5 heteroatoms. The van der Waals surface area contributed by atoms with Gasteiger partial charge in [0.1, 0.15) is 6.07 Å². The highest BCUT2D eigenvalue weighted by molar-refractivity contribution is 6.30. The molecular formula is C15H18ClN3O. The van der Waals surface area contributed by atoms with Crippen molar-refractivity contribution >= 4 is 23.2 Å². The van der Waals surface area contributed by atoms with Gasteiger partial charge in [0.2, 0.25) is 5.91 Å². The summed E-state index contributed by atoms with van der Waals surface area (Å²) in [6, 6.07) is 7.61. The van der Waals surface area contributed by atoms with Gasteiger partial charge < -0.3 is 10.6 Å². The smallest absolute Gasteiger partial charge is 0.217 e. The average Bonchev–Trinajstić information content (AvgIpc) is 2.45. The van der Waals surface area contributed by atoms with Crippen LogP contribution < -0.4 is 10.6 Å². The lowest BCUT2D eigenvalue weighted by molar-refractivity contribution is -0.118. The molecule has 1 fully saturated rings. The summed E-state index contributed by atoms with van der Waals surface area (Å²) in [7, 11) is 0. The first-order valence-corrected chi connectivity index (χ1v) is 7.21. The number of benzene rings is 1. The summed E-state index contributed by atoms with van der Waals surface area (Å²) in [5.74, 6) is 0.213. The molecule has 0 aromatic heterocycles. The SMILES string of the molecule is N#Cc1cc(Cl)ccc1N1CCCC(CCC(N)=O)C1. The molecule has 0 radical (unpaired) electrons. The molecule has 1 aromatic carbocycles. The van der Waals surface area contributed by atoms with Crippen LogP contribution in [0.5, 0.6) is 0 Å². The van der Waals surface area contributed by atoms with Gasteiger partial charge in [-0.3, -0.25) is 4.79 Å². The number of halogens is 1. The highest BCUT2D eigenvalue weighted by Crippen LogP contribution is 2.29. The normalized spacial score (nSPS) is 18.6. The molecule has 2 N–H and O–H groups in total. The van der Waals surface area contributed by atoms with Gasteiger partial charge in [-0.05, 0) is 43.4 Å². The minimum atomic E-state index is -0.244. The van der Waals surface area contributed by atoms with Gasteiger partial charge in [0.15, 0.2) is 0 Å². The highest BCUT2D eigenvalue weighted by atomic mass is 35.5. The summed E-state index contributed by atoms with van der Waals surface area (Å²) in [4.78, 5) is 13.1. The quantitative estimate of drug-likeness (QED) is 0.927. The van der Waals surface area contributed by atoms with Crippen molar-refractivity contribution in [1.82, 2.24) is 0 Å². The van der Waals surface area contributed by atoms with Gasteiger partial charge in [0.05, 0.1) is 11.3 Å². The Hall–Kier alpha value is -1.73. The molecule has 1 aliphatic rings. The van der Waals surface area contributed by atoms with Crippen LogP contribution in [0.4, 0.5) is 5.69 Å². The molecule has 0 bridgehead atoms. The van der Waals surface area contributed by atoms with Crippen LogP contribution in [-0.4, -0.2) is 19.0 Å². The second-order valence-corrected chi connectivity index (χ2v) is 5.67. The van der Waals surface area contributed by atoms with Crippen LogP contribution in [0.3, 0.4) is 0 Å². The molecule has 4 nitrogen and oxygen atoms in total. The van der Waals surface area contributed by atoms with Gasteiger partial charge in [-0.1, -0.05) is 11.6 Å². The fourth-order valence-electron chi connectivity index (χ4n) is 2.74. The molecule has 1 saturated heterocycles. The van der Waals surface area contributed by atoms with Gasteiger partial charge in [0.25, 0.3) is 0 Å². The summed E-state index contributed by atoms with van der Waals surface area (Å²) in [6.45, 7) is 1.80. The first-order chi connectivity index (χ1) is 9.60. The lowest BCUT2D eigenvalue weighted by atomic mass is 9.92. The number of primary amides is 1. The molecule has 0 spiro atoms. The van der Waals surface area contributed by atoms with Crippen molar-refractivity contribution in [2.45, 2.75) is 25.7 Å². The average molecular weight is 292 g/mol.